The van der Waals surface area contributed by atoms with E-state index in [0.29, 0.717) is 5.69 Å². The van der Waals surface area contributed by atoms with Crippen LogP contribution in [-0.4, -0.2) is 50.0 Å². The van der Waals surface area contributed by atoms with Crippen molar-refractivity contribution in [1.82, 2.24) is 10.2 Å². The van der Waals surface area contributed by atoms with Gasteiger partial charge in [0.25, 0.3) is 0 Å². The number of rotatable bonds is 9. The average molecular weight is 539 g/mol. The molecule has 0 bridgehead atoms. The highest BCUT2D eigenvalue weighted by Crippen LogP contribution is 2.25. The molecule has 0 fully saturated rings. The molecular weight excluding hydrogens is 506 g/mol. The molecule has 2 aromatic rings. The number of amides is 2. The second kappa shape index (κ2) is 11.2. The number of sulfonamides is 1. The summed E-state index contributed by atoms with van der Waals surface area (Å²) in [4.78, 5) is 27.6. The van der Waals surface area contributed by atoms with Gasteiger partial charge < -0.3 is 10.2 Å². The lowest BCUT2D eigenvalue weighted by molar-refractivity contribution is -0.139. The molecule has 2 rings (SSSR count). The first-order valence-electron chi connectivity index (χ1n) is 10.7. The first-order chi connectivity index (χ1) is 15.3. The van der Waals surface area contributed by atoms with E-state index in [1.54, 1.807) is 25.1 Å². The number of benzene rings is 2. The molecule has 180 valence electrons. The summed E-state index contributed by atoms with van der Waals surface area (Å²) in [6.07, 6.45) is 1.07. The Morgan fingerprint density at radius 1 is 1.03 bits per heavy atom. The van der Waals surface area contributed by atoms with Crippen molar-refractivity contribution < 1.29 is 18.0 Å². The first kappa shape index (κ1) is 26.9. The van der Waals surface area contributed by atoms with E-state index in [1.807, 2.05) is 52.0 Å². The van der Waals surface area contributed by atoms with Crippen LogP contribution < -0.4 is 9.62 Å². The van der Waals surface area contributed by atoms with Gasteiger partial charge in [-0.1, -0.05) is 45.8 Å². The molecular formula is C24H32BrN3O4S. The van der Waals surface area contributed by atoms with Crippen LogP contribution in [0.1, 0.15) is 37.5 Å². The van der Waals surface area contributed by atoms with E-state index in [9.17, 15) is 18.0 Å². The van der Waals surface area contributed by atoms with Gasteiger partial charge >= 0.3 is 0 Å². The Kier molecular flexibility index (Phi) is 9.08. The quantitative estimate of drug-likeness (QED) is 0.527. The molecule has 1 atom stereocenters. The fraction of sp³-hybridized carbons (Fsp3) is 0.417. The molecule has 2 amide bonds. The van der Waals surface area contributed by atoms with Crippen LogP contribution >= 0.6 is 15.9 Å². The van der Waals surface area contributed by atoms with Gasteiger partial charge in [0.2, 0.25) is 21.8 Å². The summed E-state index contributed by atoms with van der Waals surface area (Å²) in [6, 6.07) is 11.9. The summed E-state index contributed by atoms with van der Waals surface area (Å²) in [5.74, 6) is -0.760. The molecule has 0 spiro atoms. The Balaban J connectivity index is 2.40. The third-order valence-electron chi connectivity index (χ3n) is 5.18. The summed E-state index contributed by atoms with van der Waals surface area (Å²) < 4.78 is 27.1. The summed E-state index contributed by atoms with van der Waals surface area (Å²) in [7, 11) is -3.75. The van der Waals surface area contributed by atoms with Crippen molar-refractivity contribution in [3.63, 3.8) is 0 Å². The molecule has 0 heterocycles. The van der Waals surface area contributed by atoms with Crippen LogP contribution in [0.3, 0.4) is 0 Å². The maximum Gasteiger partial charge on any atom is 0.244 e. The van der Waals surface area contributed by atoms with Gasteiger partial charge in [0.15, 0.2) is 0 Å². The van der Waals surface area contributed by atoms with E-state index in [1.165, 1.54) is 4.90 Å². The summed E-state index contributed by atoms with van der Waals surface area (Å²) >= 11 is 3.41. The molecule has 33 heavy (non-hydrogen) atoms. The Morgan fingerprint density at radius 3 is 2.15 bits per heavy atom. The Labute approximate surface area is 205 Å². The number of carbonyl (C=O) groups excluding carboxylic acids is 2. The van der Waals surface area contributed by atoms with E-state index in [0.717, 1.165) is 31.7 Å². The van der Waals surface area contributed by atoms with E-state index in [2.05, 4.69) is 21.2 Å². The van der Waals surface area contributed by atoms with Gasteiger partial charge in [-0.05, 0) is 63.9 Å². The predicted octanol–water partition coefficient (Wildman–Crippen LogP) is 3.77. The molecule has 0 aromatic heterocycles. The van der Waals surface area contributed by atoms with Crippen LogP contribution in [0.5, 0.6) is 0 Å². The highest BCUT2D eigenvalue weighted by molar-refractivity contribution is 9.10. The third kappa shape index (κ3) is 7.57. The minimum atomic E-state index is -3.75. The Morgan fingerprint density at radius 2 is 1.64 bits per heavy atom. The number of hydrogen-bond acceptors (Lipinski definition) is 4. The lowest BCUT2D eigenvalue weighted by Crippen LogP contribution is -2.52. The van der Waals surface area contributed by atoms with Crippen molar-refractivity contribution >= 4 is 43.5 Å². The SMILES string of the molecule is Cc1ccc(CN(C(=O)CN(c2ccc(Br)c(C)c2)S(C)(=O)=O)[C@H](C)C(=O)NC(C)C)cc1. The van der Waals surface area contributed by atoms with Crippen LogP contribution in [0.15, 0.2) is 46.9 Å². The molecule has 0 aliphatic carbocycles. The zero-order valence-electron chi connectivity index (χ0n) is 19.9. The lowest BCUT2D eigenvalue weighted by atomic mass is 10.1. The van der Waals surface area contributed by atoms with Gasteiger partial charge in [-0.25, -0.2) is 8.42 Å². The number of carbonyl (C=O) groups is 2. The van der Waals surface area contributed by atoms with Crippen molar-refractivity contribution in [2.24, 2.45) is 0 Å². The molecule has 0 aliphatic rings. The fourth-order valence-corrected chi connectivity index (χ4v) is 4.36. The van der Waals surface area contributed by atoms with E-state index < -0.39 is 28.5 Å². The number of nitrogens with one attached hydrogen (secondary N) is 1. The second-order valence-corrected chi connectivity index (χ2v) is 11.3. The predicted molar refractivity (Wildman–Crippen MR) is 136 cm³/mol. The number of hydrogen-bond donors (Lipinski definition) is 1. The molecule has 9 heteroatoms. The van der Waals surface area contributed by atoms with E-state index >= 15 is 0 Å². The monoisotopic (exact) mass is 537 g/mol. The number of halogens is 1. The number of nitrogens with zero attached hydrogens (tertiary/aromatic N) is 2. The van der Waals surface area contributed by atoms with Crippen LogP contribution in [0.25, 0.3) is 0 Å². The fourth-order valence-electron chi connectivity index (χ4n) is 3.28. The maximum atomic E-state index is 13.5. The minimum absolute atomic E-state index is 0.0884. The molecule has 0 radical (unpaired) electrons. The lowest BCUT2D eigenvalue weighted by Gasteiger charge is -2.32. The van der Waals surface area contributed by atoms with Crippen molar-refractivity contribution in [2.75, 3.05) is 17.1 Å². The first-order valence-corrected chi connectivity index (χ1v) is 13.3. The third-order valence-corrected chi connectivity index (χ3v) is 7.21. The van der Waals surface area contributed by atoms with Gasteiger partial charge in [-0.15, -0.1) is 0 Å². The van der Waals surface area contributed by atoms with Crippen LogP contribution in [0, 0.1) is 13.8 Å². The zero-order chi connectivity index (χ0) is 24.9. The summed E-state index contributed by atoms with van der Waals surface area (Å²) in [6.45, 7) is 8.93. The van der Waals surface area contributed by atoms with Crippen molar-refractivity contribution in [2.45, 2.75) is 53.2 Å². The van der Waals surface area contributed by atoms with Crippen molar-refractivity contribution in [3.8, 4) is 0 Å². The molecule has 0 saturated heterocycles. The highest BCUT2D eigenvalue weighted by Gasteiger charge is 2.30. The second-order valence-electron chi connectivity index (χ2n) is 8.55. The average Bonchev–Trinajstić information content (AvgIpc) is 2.71. The standard InChI is InChI=1S/C24H32BrN3O4S/c1-16(2)26-24(30)19(5)27(14-20-9-7-17(3)8-10-20)23(29)15-28(33(6,31)32)21-11-12-22(25)18(4)13-21/h7-13,16,19H,14-15H2,1-6H3,(H,26,30)/t19-/m1/s1. The van der Waals surface area contributed by atoms with E-state index in [-0.39, 0.29) is 18.5 Å². The van der Waals surface area contributed by atoms with Gasteiger partial charge in [-0.2, -0.15) is 0 Å². The molecule has 1 N–H and O–H groups in total. The molecule has 0 unspecified atom stereocenters. The van der Waals surface area contributed by atoms with Crippen molar-refractivity contribution in [3.05, 3.63) is 63.6 Å². The molecule has 7 nitrogen and oxygen atoms in total. The molecule has 0 saturated carbocycles. The minimum Gasteiger partial charge on any atom is -0.352 e. The molecule has 2 aromatic carbocycles. The van der Waals surface area contributed by atoms with Crippen LogP contribution in [0.4, 0.5) is 5.69 Å². The maximum absolute atomic E-state index is 13.5. The zero-order valence-corrected chi connectivity index (χ0v) is 22.3. The normalized spacial score (nSPS) is 12.4. The Bertz CT molecular complexity index is 1100. The Hall–Kier alpha value is -2.39. The van der Waals surface area contributed by atoms with E-state index in [4.69, 9.17) is 0 Å². The topological polar surface area (TPSA) is 86.8 Å². The number of anilines is 1. The smallest absolute Gasteiger partial charge is 0.244 e. The summed E-state index contributed by atoms with van der Waals surface area (Å²) in [5, 5.41) is 2.83. The van der Waals surface area contributed by atoms with Crippen molar-refractivity contribution in [1.29, 1.82) is 0 Å². The van der Waals surface area contributed by atoms with Gasteiger partial charge in [0, 0.05) is 17.1 Å². The van der Waals surface area contributed by atoms with Gasteiger partial charge in [0.1, 0.15) is 12.6 Å². The van der Waals surface area contributed by atoms with Gasteiger partial charge in [0.05, 0.1) is 11.9 Å². The number of aryl methyl sites for hydroxylation is 2. The van der Waals surface area contributed by atoms with Crippen LogP contribution in [-0.2, 0) is 26.2 Å². The molecule has 0 aliphatic heterocycles. The van der Waals surface area contributed by atoms with Gasteiger partial charge in [-0.3, -0.25) is 13.9 Å². The summed E-state index contributed by atoms with van der Waals surface area (Å²) in [5.41, 5.74) is 3.16. The largest absolute Gasteiger partial charge is 0.352 e. The highest BCUT2D eigenvalue weighted by atomic mass is 79.9. The van der Waals surface area contributed by atoms with Crippen LogP contribution in [0.2, 0.25) is 0 Å².